The molecule has 0 radical (unpaired) electrons. The summed E-state index contributed by atoms with van der Waals surface area (Å²) >= 11 is 0. The Balaban J connectivity index is 2.14. The van der Waals surface area contributed by atoms with Crippen LogP contribution in [0.3, 0.4) is 0 Å². The van der Waals surface area contributed by atoms with E-state index in [1.807, 2.05) is 37.2 Å². The summed E-state index contributed by atoms with van der Waals surface area (Å²) in [6.07, 6.45) is 9.60. The summed E-state index contributed by atoms with van der Waals surface area (Å²) in [5.41, 5.74) is 2.18. The lowest BCUT2D eigenvalue weighted by Crippen LogP contribution is -2.36. The summed E-state index contributed by atoms with van der Waals surface area (Å²) in [7, 11) is 3.87. The fraction of sp³-hybridized carbons (Fsp3) is 0.652. The fourth-order valence-electron chi connectivity index (χ4n) is 3.91. The van der Waals surface area contributed by atoms with E-state index in [4.69, 9.17) is 0 Å². The van der Waals surface area contributed by atoms with E-state index in [2.05, 4.69) is 24.5 Å². The Bertz CT molecular complexity index is 651. The molecule has 1 aromatic rings. The van der Waals surface area contributed by atoms with Crippen LogP contribution in [0.15, 0.2) is 18.2 Å². The van der Waals surface area contributed by atoms with Crippen molar-refractivity contribution in [3.63, 3.8) is 0 Å². The highest BCUT2D eigenvalue weighted by atomic mass is 16.2. The van der Waals surface area contributed by atoms with Gasteiger partial charge in [-0.25, -0.2) is 0 Å². The molecule has 1 aromatic carbocycles. The van der Waals surface area contributed by atoms with E-state index in [0.717, 1.165) is 44.2 Å². The predicted octanol–water partition coefficient (Wildman–Crippen LogP) is 4.97. The Labute approximate surface area is 170 Å². The maximum absolute atomic E-state index is 13.0. The predicted molar refractivity (Wildman–Crippen MR) is 117 cm³/mol. The van der Waals surface area contributed by atoms with E-state index in [1.54, 1.807) is 0 Å². The maximum Gasteiger partial charge on any atom is 0.253 e. The zero-order valence-electron chi connectivity index (χ0n) is 18.0. The van der Waals surface area contributed by atoms with Crippen molar-refractivity contribution in [2.45, 2.75) is 77.7 Å². The lowest BCUT2D eigenvalue weighted by molar-refractivity contribution is -0.120. The summed E-state index contributed by atoms with van der Waals surface area (Å²) in [4.78, 5) is 27.5. The number of benzene rings is 1. The molecule has 0 heterocycles. The third kappa shape index (κ3) is 6.25. The fourth-order valence-corrected chi connectivity index (χ4v) is 3.91. The van der Waals surface area contributed by atoms with E-state index in [9.17, 15) is 9.59 Å². The minimum absolute atomic E-state index is 0.0213. The molecule has 0 spiro atoms. The molecule has 0 saturated heterocycles. The first-order valence-corrected chi connectivity index (χ1v) is 10.9. The third-order valence-corrected chi connectivity index (χ3v) is 5.70. The second-order valence-corrected chi connectivity index (χ2v) is 8.17. The number of carbonyl (C=O) groups excluding carboxylic acids is 2. The van der Waals surface area contributed by atoms with Gasteiger partial charge in [0.2, 0.25) is 5.91 Å². The molecule has 5 heteroatoms. The van der Waals surface area contributed by atoms with Gasteiger partial charge in [-0.15, -0.1) is 0 Å². The Morgan fingerprint density at radius 1 is 1.14 bits per heavy atom. The first-order valence-electron chi connectivity index (χ1n) is 10.9. The third-order valence-electron chi connectivity index (χ3n) is 5.70. The number of nitrogens with zero attached hydrogens (tertiary/aromatic N) is 1. The van der Waals surface area contributed by atoms with E-state index >= 15 is 0 Å². The Kier molecular flexibility index (Phi) is 8.81. The van der Waals surface area contributed by atoms with E-state index in [1.165, 1.54) is 19.3 Å². The number of amides is 2. The van der Waals surface area contributed by atoms with Crippen LogP contribution in [0.25, 0.3) is 0 Å². The van der Waals surface area contributed by atoms with Crippen LogP contribution >= 0.6 is 0 Å². The molecule has 1 fully saturated rings. The van der Waals surface area contributed by atoms with E-state index in [-0.39, 0.29) is 23.8 Å². The minimum atomic E-state index is -0.0512. The van der Waals surface area contributed by atoms with Crippen molar-refractivity contribution in [3.05, 3.63) is 23.8 Å². The lowest BCUT2D eigenvalue weighted by Gasteiger charge is -2.25. The van der Waals surface area contributed by atoms with E-state index in [0.29, 0.717) is 11.3 Å². The molecule has 156 valence electrons. The van der Waals surface area contributed by atoms with Crippen molar-refractivity contribution < 1.29 is 9.59 Å². The molecule has 28 heavy (non-hydrogen) atoms. The van der Waals surface area contributed by atoms with Gasteiger partial charge in [0.15, 0.2) is 0 Å². The van der Waals surface area contributed by atoms with Crippen LogP contribution in [0.5, 0.6) is 0 Å². The summed E-state index contributed by atoms with van der Waals surface area (Å²) in [6, 6.07) is 5.88. The van der Waals surface area contributed by atoms with Gasteiger partial charge in [-0.2, -0.15) is 0 Å². The molecule has 2 amide bonds. The number of rotatable bonds is 9. The van der Waals surface area contributed by atoms with Crippen LogP contribution in [-0.4, -0.2) is 32.0 Å². The van der Waals surface area contributed by atoms with Gasteiger partial charge >= 0.3 is 0 Å². The molecule has 0 aliphatic heterocycles. The largest absolute Gasteiger partial charge is 0.377 e. The second-order valence-electron chi connectivity index (χ2n) is 8.17. The number of unbranched alkanes of at least 4 members (excludes halogenated alkanes) is 1. The van der Waals surface area contributed by atoms with Gasteiger partial charge in [0.1, 0.15) is 0 Å². The van der Waals surface area contributed by atoms with Crippen molar-refractivity contribution in [1.29, 1.82) is 0 Å². The molecule has 0 aromatic heterocycles. The normalized spacial score (nSPS) is 15.7. The van der Waals surface area contributed by atoms with Crippen LogP contribution in [0.1, 0.15) is 82.0 Å². The van der Waals surface area contributed by atoms with Gasteiger partial charge in [0.25, 0.3) is 5.91 Å². The Morgan fingerprint density at radius 3 is 2.46 bits per heavy atom. The molecule has 1 saturated carbocycles. The first kappa shape index (κ1) is 22.3. The van der Waals surface area contributed by atoms with E-state index < -0.39 is 0 Å². The summed E-state index contributed by atoms with van der Waals surface area (Å²) in [6.45, 7) is 4.19. The highest BCUT2D eigenvalue weighted by Gasteiger charge is 2.21. The van der Waals surface area contributed by atoms with Gasteiger partial charge in [0.05, 0.1) is 5.56 Å². The molecule has 5 nitrogen and oxygen atoms in total. The highest BCUT2D eigenvalue weighted by Crippen LogP contribution is 2.25. The van der Waals surface area contributed by atoms with Crippen molar-refractivity contribution in [2.24, 2.45) is 5.92 Å². The average Bonchev–Trinajstić information content (AvgIpc) is 2.69. The zero-order chi connectivity index (χ0) is 20.5. The van der Waals surface area contributed by atoms with Crippen molar-refractivity contribution in [1.82, 2.24) is 5.32 Å². The SMILES string of the molecule is CCCC[C@@H](CC)C(=O)Nc1ccc(N(C)C)c(C(=O)NC2CCCCC2)c1. The summed E-state index contributed by atoms with van der Waals surface area (Å²) < 4.78 is 0. The van der Waals surface area contributed by atoms with Gasteiger partial charge in [0, 0.05) is 37.4 Å². The molecular weight excluding hydrogens is 350 g/mol. The molecule has 2 N–H and O–H groups in total. The molecule has 0 unspecified atom stereocenters. The van der Waals surface area contributed by atoms with Crippen molar-refractivity contribution >= 4 is 23.2 Å². The molecule has 2 rings (SSSR count). The Morgan fingerprint density at radius 2 is 1.86 bits per heavy atom. The lowest BCUT2D eigenvalue weighted by atomic mass is 9.95. The minimum Gasteiger partial charge on any atom is -0.377 e. The monoisotopic (exact) mass is 387 g/mol. The average molecular weight is 388 g/mol. The number of nitrogens with one attached hydrogen (secondary N) is 2. The van der Waals surface area contributed by atoms with Gasteiger partial charge in [-0.05, 0) is 43.9 Å². The van der Waals surface area contributed by atoms with Gasteiger partial charge < -0.3 is 15.5 Å². The first-order chi connectivity index (χ1) is 13.5. The molecular formula is C23H37N3O2. The maximum atomic E-state index is 13.0. The number of hydrogen-bond acceptors (Lipinski definition) is 3. The van der Waals surface area contributed by atoms with Crippen molar-refractivity contribution in [3.8, 4) is 0 Å². The van der Waals surface area contributed by atoms with Crippen LogP contribution in [0.4, 0.5) is 11.4 Å². The quantitative estimate of drug-likeness (QED) is 0.629. The van der Waals surface area contributed by atoms with Gasteiger partial charge in [-0.1, -0.05) is 46.0 Å². The summed E-state index contributed by atoms with van der Waals surface area (Å²) in [5.74, 6) is 0.0184. The molecule has 1 aliphatic carbocycles. The van der Waals surface area contributed by atoms with Crippen LogP contribution in [-0.2, 0) is 4.79 Å². The van der Waals surface area contributed by atoms with Gasteiger partial charge in [-0.3, -0.25) is 9.59 Å². The highest BCUT2D eigenvalue weighted by molar-refractivity contribution is 6.02. The zero-order valence-corrected chi connectivity index (χ0v) is 18.0. The molecule has 1 atom stereocenters. The molecule has 0 bridgehead atoms. The Hall–Kier alpha value is -2.04. The smallest absolute Gasteiger partial charge is 0.253 e. The second kappa shape index (κ2) is 11.1. The van der Waals surface area contributed by atoms with Crippen molar-refractivity contribution in [2.75, 3.05) is 24.3 Å². The standard InChI is InChI=1S/C23H37N3O2/c1-5-7-11-17(6-2)22(27)25-19-14-15-21(26(3)4)20(16-19)23(28)24-18-12-9-8-10-13-18/h14-18H,5-13H2,1-4H3,(H,24,28)(H,25,27)/t17-/m1/s1. The number of anilines is 2. The molecule has 1 aliphatic rings. The number of carbonyl (C=O) groups is 2. The van der Waals surface area contributed by atoms with Crippen LogP contribution < -0.4 is 15.5 Å². The number of hydrogen-bond donors (Lipinski definition) is 2. The topological polar surface area (TPSA) is 61.4 Å². The van der Waals surface area contributed by atoms with Crippen LogP contribution in [0, 0.1) is 5.92 Å². The summed E-state index contributed by atoms with van der Waals surface area (Å²) in [5, 5.41) is 6.22. The van der Waals surface area contributed by atoms with Crippen LogP contribution in [0.2, 0.25) is 0 Å².